The number of quaternary nitrogens is 1. The van der Waals surface area contributed by atoms with Crippen LogP contribution in [-0.2, 0) is 14.3 Å². The van der Waals surface area contributed by atoms with Gasteiger partial charge in [-0.1, -0.05) is 24.0 Å². The molecule has 2 aromatic rings. The molecule has 2 heterocycles. The fraction of sp³-hybridized carbons (Fsp3) is 0.407. The first-order chi connectivity index (χ1) is 17.3. The molecule has 2 saturated heterocycles. The van der Waals surface area contributed by atoms with Crippen LogP contribution in [0, 0.1) is 5.82 Å². The number of halogens is 1. The molecule has 1 N–H and O–H groups in total. The molecule has 192 valence electrons. The van der Waals surface area contributed by atoms with Crippen molar-refractivity contribution in [1.82, 2.24) is 4.90 Å². The Morgan fingerprint density at radius 2 is 1.86 bits per heavy atom. The van der Waals surface area contributed by atoms with Crippen molar-refractivity contribution in [2.24, 2.45) is 0 Å². The van der Waals surface area contributed by atoms with Crippen molar-refractivity contribution in [1.29, 1.82) is 0 Å². The Labute approximate surface area is 209 Å². The van der Waals surface area contributed by atoms with Crippen molar-refractivity contribution < 1.29 is 38.2 Å². The Kier molecular flexibility index (Phi) is 7.91. The number of carbonyl (C=O) groups excluding carboxylic acids is 2. The van der Waals surface area contributed by atoms with E-state index in [1.807, 2.05) is 0 Å². The molecule has 0 aromatic heterocycles. The molecule has 0 saturated carbocycles. The van der Waals surface area contributed by atoms with E-state index >= 15 is 0 Å². The summed E-state index contributed by atoms with van der Waals surface area (Å²) in [7, 11) is 1.54. The minimum absolute atomic E-state index is 0.0149. The number of ether oxygens (including phenoxy) is 3. The molecule has 0 spiro atoms. The maximum atomic E-state index is 14.7. The summed E-state index contributed by atoms with van der Waals surface area (Å²) in [5, 5.41) is 13.6. The Morgan fingerprint density at radius 1 is 1.17 bits per heavy atom. The van der Waals surface area contributed by atoms with Crippen molar-refractivity contribution in [2.75, 3.05) is 46.5 Å². The van der Waals surface area contributed by atoms with Gasteiger partial charge in [-0.15, -0.1) is 0 Å². The van der Waals surface area contributed by atoms with Crippen molar-refractivity contribution >= 4 is 17.4 Å². The van der Waals surface area contributed by atoms with E-state index in [9.17, 15) is 19.1 Å². The molecular weight excluding hydrogens is 467 g/mol. The molecule has 2 aliphatic rings. The SMILES string of the molecule is COc1ccc(C2/C(=C(\[O-])c3ccc(OC(C)C)c(F)c3)C(=O)C(=O)N2CC[NH+]2CCOCC2)cc1. The van der Waals surface area contributed by atoms with Crippen molar-refractivity contribution in [3.05, 3.63) is 65.0 Å². The highest BCUT2D eigenvalue weighted by atomic mass is 19.1. The summed E-state index contributed by atoms with van der Waals surface area (Å²) in [6.07, 6.45) is -0.244. The molecule has 0 bridgehead atoms. The molecule has 0 radical (unpaired) electrons. The lowest BCUT2D eigenvalue weighted by molar-refractivity contribution is -0.907. The standard InChI is InChI=1S/C27H31FN2O6/c1-17(2)36-22-9-6-19(16-21(22)28)25(31)23-24(18-4-7-20(34-3)8-5-18)30(27(33)26(23)32)11-10-29-12-14-35-15-13-29/h4-9,16-17,24,31H,10-15H2,1-3H3/b25-23+. The number of nitrogens with zero attached hydrogens (tertiary/aromatic N) is 1. The molecule has 8 nitrogen and oxygen atoms in total. The second-order valence-electron chi connectivity index (χ2n) is 9.17. The van der Waals surface area contributed by atoms with Gasteiger partial charge in [-0.25, -0.2) is 4.39 Å². The van der Waals surface area contributed by atoms with Gasteiger partial charge in [0.05, 0.1) is 45.6 Å². The molecule has 0 aliphatic carbocycles. The lowest BCUT2D eigenvalue weighted by atomic mass is 9.95. The van der Waals surface area contributed by atoms with E-state index in [-0.39, 0.29) is 23.0 Å². The van der Waals surface area contributed by atoms with Crippen LogP contribution < -0.4 is 19.5 Å². The second kappa shape index (κ2) is 11.1. The number of benzene rings is 2. The van der Waals surface area contributed by atoms with E-state index in [1.54, 1.807) is 38.1 Å². The first kappa shape index (κ1) is 25.7. The summed E-state index contributed by atoms with van der Waals surface area (Å²) >= 11 is 0. The Bertz CT molecular complexity index is 1140. The zero-order valence-electron chi connectivity index (χ0n) is 20.7. The largest absolute Gasteiger partial charge is 0.872 e. The van der Waals surface area contributed by atoms with Crippen LogP contribution in [0.3, 0.4) is 0 Å². The van der Waals surface area contributed by atoms with Crippen LogP contribution in [0.25, 0.3) is 5.76 Å². The van der Waals surface area contributed by atoms with Gasteiger partial charge in [0.25, 0.3) is 5.91 Å². The molecule has 36 heavy (non-hydrogen) atoms. The van der Waals surface area contributed by atoms with E-state index in [1.165, 1.54) is 29.0 Å². The number of amides is 1. The third-order valence-electron chi connectivity index (χ3n) is 6.42. The minimum Gasteiger partial charge on any atom is -0.872 e. The number of morpholine rings is 1. The van der Waals surface area contributed by atoms with Crippen LogP contribution in [0.4, 0.5) is 4.39 Å². The van der Waals surface area contributed by atoms with E-state index in [4.69, 9.17) is 14.2 Å². The highest BCUT2D eigenvalue weighted by Gasteiger charge is 2.44. The number of nitrogens with one attached hydrogen (secondary N) is 1. The van der Waals surface area contributed by atoms with E-state index in [2.05, 4.69) is 0 Å². The van der Waals surface area contributed by atoms with Gasteiger partial charge in [0.1, 0.15) is 18.8 Å². The highest BCUT2D eigenvalue weighted by molar-refractivity contribution is 6.46. The third kappa shape index (κ3) is 5.37. The molecule has 1 amide bonds. The monoisotopic (exact) mass is 498 g/mol. The number of Topliss-reactive ketones (excluding diaryl/α,β-unsaturated/α-hetero) is 1. The molecule has 2 fully saturated rings. The predicted molar refractivity (Wildman–Crippen MR) is 128 cm³/mol. The van der Waals surface area contributed by atoms with E-state index in [0.717, 1.165) is 19.2 Å². The summed E-state index contributed by atoms with van der Waals surface area (Å²) in [5.74, 6) is -2.35. The van der Waals surface area contributed by atoms with Crippen LogP contribution >= 0.6 is 0 Å². The molecular formula is C27H31FN2O6. The van der Waals surface area contributed by atoms with E-state index in [0.29, 0.717) is 37.6 Å². The summed E-state index contributed by atoms with van der Waals surface area (Å²) in [4.78, 5) is 29.0. The number of hydrogen-bond acceptors (Lipinski definition) is 6. The van der Waals surface area contributed by atoms with Gasteiger partial charge in [-0.2, -0.15) is 0 Å². The summed E-state index contributed by atoms with van der Waals surface area (Å²) in [5.41, 5.74) is 0.411. The van der Waals surface area contributed by atoms with Gasteiger partial charge < -0.3 is 29.1 Å². The number of methoxy groups -OCH3 is 1. The normalized spacial score (nSPS) is 20.2. The third-order valence-corrected chi connectivity index (χ3v) is 6.42. The Hall–Kier alpha value is -3.43. The maximum Gasteiger partial charge on any atom is 0.295 e. The average molecular weight is 499 g/mol. The first-order valence-electron chi connectivity index (χ1n) is 12.1. The smallest absolute Gasteiger partial charge is 0.295 e. The van der Waals surface area contributed by atoms with Crippen LogP contribution in [0.15, 0.2) is 48.0 Å². The lowest BCUT2D eigenvalue weighted by Crippen LogP contribution is -3.14. The van der Waals surface area contributed by atoms with Gasteiger partial charge in [0, 0.05) is 5.57 Å². The van der Waals surface area contributed by atoms with Crippen LogP contribution in [0.1, 0.15) is 31.0 Å². The highest BCUT2D eigenvalue weighted by Crippen LogP contribution is 2.39. The predicted octanol–water partition coefficient (Wildman–Crippen LogP) is 0.761. The first-order valence-corrected chi connectivity index (χ1v) is 12.1. The topological polar surface area (TPSA) is 92.6 Å². The molecule has 1 atom stereocenters. The fourth-order valence-electron chi connectivity index (χ4n) is 4.57. The van der Waals surface area contributed by atoms with Crippen LogP contribution in [-0.4, -0.2) is 69.2 Å². The lowest BCUT2D eigenvalue weighted by Gasteiger charge is -2.30. The van der Waals surface area contributed by atoms with E-state index < -0.39 is 29.3 Å². The number of likely N-dealkylation sites (tertiary alicyclic amines) is 1. The maximum absolute atomic E-state index is 14.7. The average Bonchev–Trinajstić information content (AvgIpc) is 3.13. The Balaban J connectivity index is 1.73. The zero-order chi connectivity index (χ0) is 25.8. The quantitative estimate of drug-likeness (QED) is 0.328. The molecule has 1 unspecified atom stereocenters. The fourth-order valence-corrected chi connectivity index (χ4v) is 4.57. The number of rotatable bonds is 8. The van der Waals surface area contributed by atoms with Crippen molar-refractivity contribution in [3.8, 4) is 11.5 Å². The molecule has 2 aliphatic heterocycles. The van der Waals surface area contributed by atoms with Crippen LogP contribution in [0.5, 0.6) is 11.5 Å². The van der Waals surface area contributed by atoms with Gasteiger partial charge in [-0.05, 0) is 49.2 Å². The Morgan fingerprint density at radius 3 is 2.47 bits per heavy atom. The molecule has 9 heteroatoms. The molecule has 4 rings (SSSR count). The summed E-state index contributed by atoms with van der Waals surface area (Å²) in [6, 6.07) is 9.86. The van der Waals surface area contributed by atoms with Gasteiger partial charge in [0.15, 0.2) is 11.6 Å². The summed E-state index contributed by atoms with van der Waals surface area (Å²) in [6.45, 7) is 7.35. The second-order valence-corrected chi connectivity index (χ2v) is 9.17. The van der Waals surface area contributed by atoms with Gasteiger partial charge in [-0.3, -0.25) is 9.59 Å². The van der Waals surface area contributed by atoms with Crippen LogP contribution in [0.2, 0.25) is 0 Å². The van der Waals surface area contributed by atoms with Crippen molar-refractivity contribution in [2.45, 2.75) is 26.0 Å². The van der Waals surface area contributed by atoms with Gasteiger partial charge >= 0.3 is 0 Å². The minimum atomic E-state index is -0.876. The van der Waals surface area contributed by atoms with Crippen molar-refractivity contribution in [3.63, 3.8) is 0 Å². The number of ketones is 1. The summed E-state index contributed by atoms with van der Waals surface area (Å²) < 4.78 is 30.7. The number of carbonyl (C=O) groups is 2. The molecule has 2 aromatic carbocycles. The number of hydrogen-bond donors (Lipinski definition) is 1. The van der Waals surface area contributed by atoms with Gasteiger partial charge in [0.2, 0.25) is 5.78 Å². The zero-order valence-corrected chi connectivity index (χ0v) is 20.7.